The highest BCUT2D eigenvalue weighted by atomic mass is 32.1. The molecule has 20 heavy (non-hydrogen) atoms. The number of nitrogens with zero attached hydrogens (tertiary/aromatic N) is 4. The fourth-order valence-corrected chi connectivity index (χ4v) is 3.29. The van der Waals surface area contributed by atoms with Gasteiger partial charge in [-0.05, 0) is 18.8 Å². The molecule has 0 N–H and O–H groups in total. The van der Waals surface area contributed by atoms with E-state index in [9.17, 15) is 0 Å². The van der Waals surface area contributed by atoms with E-state index >= 15 is 0 Å². The Balaban J connectivity index is 1.69. The summed E-state index contributed by atoms with van der Waals surface area (Å²) >= 11 is 1.72. The molecule has 0 aromatic carbocycles. The molecule has 108 valence electrons. The predicted molar refractivity (Wildman–Crippen MR) is 82.6 cm³/mol. The molecule has 0 radical (unpaired) electrons. The summed E-state index contributed by atoms with van der Waals surface area (Å²) in [5.41, 5.74) is 2.31. The molecule has 0 aliphatic heterocycles. The number of rotatable bonds is 6. The maximum Gasteiger partial charge on any atom is 0.126 e. The molecule has 0 atom stereocenters. The van der Waals surface area contributed by atoms with Crippen molar-refractivity contribution < 1.29 is 0 Å². The molecule has 5 heteroatoms. The van der Waals surface area contributed by atoms with Crippen molar-refractivity contribution in [2.75, 3.05) is 6.54 Å². The lowest BCUT2D eigenvalue weighted by Gasteiger charge is -2.22. The highest BCUT2D eigenvalue weighted by Gasteiger charge is 2.29. The van der Waals surface area contributed by atoms with Crippen LogP contribution in [-0.4, -0.2) is 32.3 Å². The Kier molecular flexibility index (Phi) is 3.89. The second-order valence-electron chi connectivity index (χ2n) is 6.10. The van der Waals surface area contributed by atoms with Crippen molar-refractivity contribution in [2.45, 2.75) is 39.3 Å². The van der Waals surface area contributed by atoms with Crippen molar-refractivity contribution in [3.05, 3.63) is 23.5 Å². The summed E-state index contributed by atoms with van der Waals surface area (Å²) in [4.78, 5) is 7.36. The van der Waals surface area contributed by atoms with Crippen molar-refractivity contribution in [1.82, 2.24) is 19.7 Å². The third-order valence-electron chi connectivity index (χ3n) is 3.53. The maximum absolute atomic E-state index is 4.77. The van der Waals surface area contributed by atoms with Crippen LogP contribution < -0.4 is 0 Å². The number of aryl methyl sites for hydroxylation is 1. The lowest BCUT2D eigenvalue weighted by atomic mass is 10.2. The average molecular weight is 290 g/mol. The zero-order valence-electron chi connectivity index (χ0n) is 12.4. The van der Waals surface area contributed by atoms with Crippen LogP contribution in [0.3, 0.4) is 0 Å². The fraction of sp³-hybridized carbons (Fsp3) is 0.600. The zero-order valence-corrected chi connectivity index (χ0v) is 13.2. The maximum atomic E-state index is 4.77. The van der Waals surface area contributed by atoms with E-state index in [0.29, 0.717) is 5.92 Å². The summed E-state index contributed by atoms with van der Waals surface area (Å²) in [5, 5.41) is 7.48. The Morgan fingerprint density at radius 3 is 2.85 bits per heavy atom. The Hall–Kier alpha value is -1.20. The Morgan fingerprint density at radius 1 is 1.45 bits per heavy atom. The van der Waals surface area contributed by atoms with Crippen molar-refractivity contribution in [3.8, 4) is 10.6 Å². The van der Waals surface area contributed by atoms with E-state index in [1.807, 2.05) is 24.1 Å². The van der Waals surface area contributed by atoms with Crippen LogP contribution in [-0.2, 0) is 13.6 Å². The Bertz CT molecular complexity index is 568. The molecule has 1 saturated carbocycles. The lowest BCUT2D eigenvalue weighted by molar-refractivity contribution is 0.224. The third-order valence-corrected chi connectivity index (χ3v) is 4.47. The minimum atomic E-state index is 0.715. The standard InChI is InChI=1S/C15H22N4S/c1-11(2)7-19(14-4-5-14)9-13-10-20-15(17-13)12-6-16-18(3)8-12/h6,8,10-11,14H,4-5,7,9H2,1-3H3. The number of hydrogen-bond donors (Lipinski definition) is 0. The number of hydrogen-bond acceptors (Lipinski definition) is 4. The first kappa shape index (κ1) is 13.8. The molecule has 1 aliphatic rings. The van der Waals surface area contributed by atoms with Gasteiger partial charge in [-0.1, -0.05) is 13.8 Å². The molecule has 0 saturated heterocycles. The highest BCUT2D eigenvalue weighted by molar-refractivity contribution is 7.13. The van der Waals surface area contributed by atoms with Crippen LogP contribution in [0.5, 0.6) is 0 Å². The van der Waals surface area contributed by atoms with Gasteiger partial charge < -0.3 is 0 Å². The van der Waals surface area contributed by atoms with E-state index in [1.54, 1.807) is 11.3 Å². The fourth-order valence-electron chi connectivity index (χ4n) is 2.50. The van der Waals surface area contributed by atoms with Crippen LogP contribution in [0.25, 0.3) is 10.6 Å². The Labute approximate surface area is 124 Å². The summed E-state index contributed by atoms with van der Waals surface area (Å²) < 4.78 is 1.83. The van der Waals surface area contributed by atoms with Gasteiger partial charge >= 0.3 is 0 Å². The molecule has 1 fully saturated rings. The zero-order chi connectivity index (χ0) is 14.1. The minimum absolute atomic E-state index is 0.715. The molecule has 4 nitrogen and oxygen atoms in total. The monoisotopic (exact) mass is 290 g/mol. The van der Waals surface area contributed by atoms with E-state index in [0.717, 1.165) is 23.2 Å². The van der Waals surface area contributed by atoms with Gasteiger partial charge in [-0.2, -0.15) is 5.10 Å². The van der Waals surface area contributed by atoms with E-state index in [2.05, 4.69) is 29.2 Å². The summed E-state index contributed by atoms with van der Waals surface area (Å²) in [6, 6.07) is 0.793. The Morgan fingerprint density at radius 2 is 2.25 bits per heavy atom. The summed E-state index contributed by atoms with van der Waals surface area (Å²) in [6.45, 7) is 6.74. The smallest absolute Gasteiger partial charge is 0.126 e. The summed E-state index contributed by atoms with van der Waals surface area (Å²) in [6.07, 6.45) is 6.61. The highest BCUT2D eigenvalue weighted by Crippen LogP contribution is 2.30. The van der Waals surface area contributed by atoms with Crippen LogP contribution >= 0.6 is 11.3 Å². The first-order chi connectivity index (χ1) is 9.61. The largest absolute Gasteiger partial charge is 0.294 e. The average Bonchev–Trinajstić information content (AvgIpc) is 2.99. The van der Waals surface area contributed by atoms with Gasteiger partial charge in [0.1, 0.15) is 5.01 Å². The molecule has 2 aromatic heterocycles. The van der Waals surface area contributed by atoms with Gasteiger partial charge in [0.15, 0.2) is 0 Å². The summed E-state index contributed by atoms with van der Waals surface area (Å²) in [5.74, 6) is 0.715. The van der Waals surface area contributed by atoms with E-state index in [1.165, 1.54) is 25.1 Å². The van der Waals surface area contributed by atoms with Crippen LogP contribution in [0, 0.1) is 5.92 Å². The number of thiazole rings is 1. The van der Waals surface area contributed by atoms with Crippen molar-refractivity contribution >= 4 is 11.3 Å². The molecule has 1 aliphatic carbocycles. The van der Waals surface area contributed by atoms with Crippen LogP contribution in [0.1, 0.15) is 32.4 Å². The first-order valence-electron chi connectivity index (χ1n) is 7.29. The normalized spacial score (nSPS) is 15.4. The van der Waals surface area contributed by atoms with E-state index < -0.39 is 0 Å². The van der Waals surface area contributed by atoms with Gasteiger partial charge in [-0.25, -0.2) is 4.98 Å². The SMILES string of the molecule is CC(C)CN(Cc1csc(-c2cnn(C)c2)n1)C1CC1. The molecule has 2 aromatic rings. The molecular weight excluding hydrogens is 268 g/mol. The third kappa shape index (κ3) is 3.27. The quantitative estimate of drug-likeness (QED) is 0.819. The van der Waals surface area contributed by atoms with Crippen molar-refractivity contribution in [1.29, 1.82) is 0 Å². The van der Waals surface area contributed by atoms with Gasteiger partial charge in [-0.15, -0.1) is 11.3 Å². The molecule has 0 spiro atoms. The van der Waals surface area contributed by atoms with Crippen LogP contribution in [0.2, 0.25) is 0 Å². The van der Waals surface area contributed by atoms with Crippen molar-refractivity contribution in [2.24, 2.45) is 13.0 Å². The van der Waals surface area contributed by atoms with Gasteiger partial charge in [-0.3, -0.25) is 9.58 Å². The van der Waals surface area contributed by atoms with Crippen LogP contribution in [0.15, 0.2) is 17.8 Å². The van der Waals surface area contributed by atoms with Gasteiger partial charge in [0, 0.05) is 43.3 Å². The molecule has 2 heterocycles. The summed E-state index contributed by atoms with van der Waals surface area (Å²) in [7, 11) is 1.94. The molecule has 0 unspecified atom stereocenters. The lowest BCUT2D eigenvalue weighted by Crippen LogP contribution is -2.29. The molecule has 0 amide bonds. The number of aromatic nitrogens is 3. The first-order valence-corrected chi connectivity index (χ1v) is 8.17. The van der Waals surface area contributed by atoms with Crippen molar-refractivity contribution in [3.63, 3.8) is 0 Å². The van der Waals surface area contributed by atoms with Gasteiger partial charge in [0.05, 0.1) is 11.9 Å². The predicted octanol–water partition coefficient (Wildman–Crippen LogP) is 3.16. The van der Waals surface area contributed by atoms with Gasteiger partial charge in [0.2, 0.25) is 0 Å². The second kappa shape index (κ2) is 5.66. The van der Waals surface area contributed by atoms with E-state index in [-0.39, 0.29) is 0 Å². The molecular formula is C15H22N4S. The van der Waals surface area contributed by atoms with Gasteiger partial charge in [0.25, 0.3) is 0 Å². The molecule has 0 bridgehead atoms. The van der Waals surface area contributed by atoms with E-state index in [4.69, 9.17) is 4.98 Å². The van der Waals surface area contributed by atoms with Crippen LogP contribution in [0.4, 0.5) is 0 Å². The minimum Gasteiger partial charge on any atom is -0.294 e. The topological polar surface area (TPSA) is 34.0 Å². The molecule has 3 rings (SSSR count). The second-order valence-corrected chi connectivity index (χ2v) is 6.96.